The molecule has 0 aliphatic heterocycles. The topological polar surface area (TPSA) is 0 Å². The molecule has 0 N–H and O–H groups in total. The van der Waals surface area contributed by atoms with Gasteiger partial charge in [-0.2, -0.15) is 0 Å². The van der Waals surface area contributed by atoms with E-state index in [0.717, 1.165) is 0 Å². The van der Waals surface area contributed by atoms with Crippen molar-refractivity contribution in [2.75, 3.05) is 0 Å². The Morgan fingerprint density at radius 3 is 2.08 bits per heavy atom. The molecule has 0 saturated heterocycles. The first-order chi connectivity index (χ1) is 10.5. The van der Waals surface area contributed by atoms with Crippen LogP contribution in [-0.4, -0.2) is 9.52 Å². The van der Waals surface area contributed by atoms with Crippen LogP contribution < -0.4 is 42.4 Å². The second kappa shape index (κ2) is 13.6. The van der Waals surface area contributed by atoms with Crippen LogP contribution in [0.25, 0.3) is 0 Å². The Morgan fingerprint density at radius 1 is 0.960 bits per heavy atom. The van der Waals surface area contributed by atoms with Crippen LogP contribution >= 0.6 is 0 Å². The standard InChI is InChI=1S/C20H29Si.3ClH.Ti/c1-5-7-8-9-17-13-18(6-2)20(14-17)21-19-11-15(3)10-16(4)12-19;;;;/h10-12H,5-9,14,21H2,1-4H3;3*1H;/q;;;;+3/p-3. The number of allylic oxidation sites excluding steroid dienone is 4. The normalized spacial score (nSPS) is 13.8. The second-order valence-corrected chi connectivity index (χ2v) is 9.53. The molecule has 1 aliphatic rings. The van der Waals surface area contributed by atoms with Gasteiger partial charge < -0.3 is 37.2 Å². The summed E-state index contributed by atoms with van der Waals surface area (Å²) in [6.45, 7) is 9.09. The third kappa shape index (κ3) is 7.95. The Bertz CT molecular complexity index is 589. The molecule has 0 spiro atoms. The molecule has 0 radical (unpaired) electrons. The van der Waals surface area contributed by atoms with E-state index in [1.165, 1.54) is 49.7 Å². The Hall–Kier alpha value is 0.501. The maximum atomic E-state index is 2.42. The third-order valence-corrected chi connectivity index (χ3v) is 7.59. The number of halogens is 3. The van der Waals surface area contributed by atoms with Gasteiger partial charge in [-0.1, -0.05) is 0 Å². The van der Waals surface area contributed by atoms with E-state index in [2.05, 4.69) is 66.3 Å². The van der Waals surface area contributed by atoms with Crippen LogP contribution in [0, 0.1) is 13.8 Å². The zero-order chi connectivity index (χ0) is 16.1. The van der Waals surface area contributed by atoms with Gasteiger partial charge in [-0.25, -0.2) is 0 Å². The van der Waals surface area contributed by atoms with Crippen molar-refractivity contribution < 1.29 is 57.7 Å². The first-order valence-corrected chi connectivity index (χ1v) is 11.0. The average molecular weight is 452 g/mol. The van der Waals surface area contributed by atoms with Crippen LogP contribution in [0.2, 0.25) is 0 Å². The monoisotopic (exact) mass is 450 g/mol. The van der Waals surface area contributed by atoms with Gasteiger partial charge in [0.2, 0.25) is 0 Å². The van der Waals surface area contributed by atoms with Gasteiger partial charge in [-0.3, -0.25) is 0 Å². The van der Waals surface area contributed by atoms with Crippen LogP contribution in [0.4, 0.5) is 0 Å². The minimum atomic E-state index is -0.290. The van der Waals surface area contributed by atoms with Gasteiger partial charge in [0.1, 0.15) is 0 Å². The van der Waals surface area contributed by atoms with E-state index < -0.39 is 0 Å². The Morgan fingerprint density at radius 2 is 1.56 bits per heavy atom. The molecular formula is C20H29Cl3SiTi. The molecule has 1 aromatic carbocycles. The molecule has 0 heterocycles. The van der Waals surface area contributed by atoms with E-state index in [1.54, 1.807) is 20.2 Å². The van der Waals surface area contributed by atoms with Crippen molar-refractivity contribution in [1.29, 1.82) is 0 Å². The molecule has 0 amide bonds. The Balaban J connectivity index is 0. The predicted octanol–water partition coefficient (Wildman–Crippen LogP) is -4.44. The maximum Gasteiger partial charge on any atom is -1.00 e. The van der Waals surface area contributed by atoms with Gasteiger partial charge in [-0.05, 0) is 0 Å². The molecule has 0 atom stereocenters. The van der Waals surface area contributed by atoms with Gasteiger partial charge in [0, 0.05) is 0 Å². The van der Waals surface area contributed by atoms with Crippen molar-refractivity contribution in [2.24, 2.45) is 0 Å². The maximum absolute atomic E-state index is 2.42. The third-order valence-electron chi connectivity index (χ3n) is 4.64. The number of rotatable bonds is 7. The number of hydrogen-bond donors (Lipinski definition) is 0. The van der Waals surface area contributed by atoms with Gasteiger partial charge >= 0.3 is 151 Å². The average Bonchev–Trinajstić information content (AvgIpc) is 2.73. The molecule has 1 aromatic rings. The van der Waals surface area contributed by atoms with E-state index in [9.17, 15) is 0 Å². The van der Waals surface area contributed by atoms with Gasteiger partial charge in [0.15, 0.2) is 0 Å². The van der Waals surface area contributed by atoms with Crippen LogP contribution in [0.3, 0.4) is 0 Å². The van der Waals surface area contributed by atoms with Crippen molar-refractivity contribution in [3.63, 3.8) is 0 Å². The van der Waals surface area contributed by atoms with E-state index in [4.69, 9.17) is 0 Å². The van der Waals surface area contributed by atoms with Crippen LogP contribution in [-0.2, 0) is 20.4 Å². The van der Waals surface area contributed by atoms with Gasteiger partial charge in [-0.15, -0.1) is 0 Å². The zero-order valence-electron chi connectivity index (χ0n) is 15.8. The number of hydrogen-bond acceptors (Lipinski definition) is 0. The summed E-state index contributed by atoms with van der Waals surface area (Å²) < 4.78 is 1.64. The molecule has 0 bridgehead atoms. The fourth-order valence-corrected chi connectivity index (χ4v) is 7.23. The summed E-state index contributed by atoms with van der Waals surface area (Å²) in [5.41, 5.74) is 6.30. The molecule has 1 aliphatic carbocycles. The largest absolute Gasteiger partial charge is 1.00 e. The summed E-state index contributed by atoms with van der Waals surface area (Å²) in [5.74, 6) is 0. The first kappa shape index (κ1) is 27.7. The summed E-state index contributed by atoms with van der Waals surface area (Å²) in [4.78, 5) is 0. The molecule has 0 saturated carbocycles. The van der Waals surface area contributed by atoms with Crippen molar-refractivity contribution in [3.05, 3.63) is 49.5 Å². The fourth-order valence-electron chi connectivity index (χ4n) is 3.66. The van der Waals surface area contributed by atoms with Crippen LogP contribution in [0.5, 0.6) is 0 Å². The molecule has 0 nitrogen and oxygen atoms in total. The van der Waals surface area contributed by atoms with Crippen molar-refractivity contribution in [1.82, 2.24) is 0 Å². The van der Waals surface area contributed by atoms with Gasteiger partial charge in [0.25, 0.3) is 0 Å². The molecule has 138 valence electrons. The molecule has 0 fully saturated rings. The van der Waals surface area contributed by atoms with Crippen molar-refractivity contribution in [2.45, 2.75) is 66.2 Å². The van der Waals surface area contributed by atoms with Crippen molar-refractivity contribution >= 4 is 14.7 Å². The van der Waals surface area contributed by atoms with E-state index in [1.807, 2.05) is 5.20 Å². The fraction of sp³-hybridized carbons (Fsp3) is 0.500. The van der Waals surface area contributed by atoms with E-state index in [0.29, 0.717) is 0 Å². The number of benzene rings is 1. The predicted molar refractivity (Wildman–Crippen MR) is 97.2 cm³/mol. The first-order valence-electron chi connectivity index (χ1n) is 8.77. The molecular weight excluding hydrogens is 423 g/mol. The Kier molecular flexibility index (Phi) is 15.1. The molecule has 25 heavy (non-hydrogen) atoms. The summed E-state index contributed by atoms with van der Waals surface area (Å²) >= 11 is 2.38. The van der Waals surface area contributed by atoms with Crippen molar-refractivity contribution in [3.8, 4) is 0 Å². The smallest absolute Gasteiger partial charge is 1.00 e. The zero-order valence-corrected chi connectivity index (χ0v) is 21.1. The number of aryl methyl sites for hydroxylation is 2. The van der Waals surface area contributed by atoms with Crippen LogP contribution in [0.15, 0.2) is 38.4 Å². The summed E-state index contributed by atoms with van der Waals surface area (Å²) in [6, 6.07) is 7.13. The van der Waals surface area contributed by atoms with E-state index >= 15 is 0 Å². The molecule has 5 heteroatoms. The minimum Gasteiger partial charge on any atom is -1.00 e. The Labute approximate surface area is 187 Å². The SMILES string of the molecule is CCCCCC1=[C]([Ti+3])C(CC)=C([SiH2]c2cc(C)cc(C)c2)C1.[Cl-].[Cl-].[Cl-]. The van der Waals surface area contributed by atoms with Crippen LogP contribution in [0.1, 0.15) is 63.5 Å². The summed E-state index contributed by atoms with van der Waals surface area (Å²) in [5, 5.41) is 3.44. The van der Waals surface area contributed by atoms with Gasteiger partial charge in [0.05, 0.1) is 0 Å². The number of unbranched alkanes of at least 4 members (excludes halogenated alkanes) is 2. The molecule has 0 unspecified atom stereocenters. The molecule has 0 aromatic heterocycles. The molecule has 2 rings (SSSR count). The summed E-state index contributed by atoms with van der Waals surface area (Å²) in [6.07, 6.45) is 7.91. The second-order valence-electron chi connectivity index (χ2n) is 6.72. The van der Waals surface area contributed by atoms with E-state index in [-0.39, 0.29) is 46.7 Å². The quantitative estimate of drug-likeness (QED) is 0.290. The minimum absolute atomic E-state index is 0. The summed E-state index contributed by atoms with van der Waals surface area (Å²) in [7, 11) is -0.290.